The summed E-state index contributed by atoms with van der Waals surface area (Å²) in [7, 11) is 0. The highest BCUT2D eigenvalue weighted by Crippen LogP contribution is 2.41. The van der Waals surface area contributed by atoms with Gasteiger partial charge in [-0.05, 0) is 164 Å². The molecule has 2 aromatic carbocycles. The molecule has 0 radical (unpaired) electrons. The predicted molar refractivity (Wildman–Crippen MR) is 322 cm³/mol. The average molecular weight is 1160 g/mol. The van der Waals surface area contributed by atoms with E-state index in [0.717, 1.165) is 109 Å². The minimum atomic E-state index is -0.679. The van der Waals surface area contributed by atoms with Gasteiger partial charge in [-0.2, -0.15) is 10.2 Å². The first-order valence-corrected chi connectivity index (χ1v) is 30.6. The van der Waals surface area contributed by atoms with E-state index in [2.05, 4.69) is 94.7 Å². The summed E-state index contributed by atoms with van der Waals surface area (Å²) < 4.78 is 3.88. The number of carbonyl (C=O) groups excluding carboxylic acids is 5. The molecule has 7 aliphatic rings. The number of amides is 5. The molecular weight excluding hydrogens is 1080 g/mol. The third kappa shape index (κ3) is 13.4. The second-order valence-electron chi connectivity index (χ2n) is 24.2. The van der Waals surface area contributed by atoms with Crippen molar-refractivity contribution in [1.29, 1.82) is 0 Å². The Hall–Kier alpha value is -8.47. The molecule has 4 atom stereocenters. The summed E-state index contributed by atoms with van der Waals surface area (Å²) in [6.45, 7) is 9.08. The molecule has 4 aromatic heterocycles. The van der Waals surface area contributed by atoms with E-state index in [1.165, 1.54) is 36.8 Å². The van der Waals surface area contributed by atoms with Crippen LogP contribution in [0.1, 0.15) is 180 Å². The fourth-order valence-corrected chi connectivity index (χ4v) is 12.5. The highest BCUT2D eigenvalue weighted by atomic mass is 16.2. The van der Waals surface area contributed by atoms with Gasteiger partial charge in [0.25, 0.3) is 23.6 Å². The van der Waals surface area contributed by atoms with Crippen LogP contribution in [0, 0.1) is 5.92 Å². The van der Waals surface area contributed by atoms with Crippen LogP contribution in [0.5, 0.6) is 0 Å². The lowest BCUT2D eigenvalue weighted by molar-refractivity contribution is -0.133. The maximum absolute atomic E-state index is 13.1. The topological polar surface area (TPSA) is 294 Å². The maximum Gasteiger partial charge on any atom is 0.271 e. The first kappa shape index (κ1) is 57.0. The standard InChI is InChI=1S/C33H41N9O3.C29H37N9O2/c1-20-27(38-32(44)23-8-6-22(7-9-23)21-4-5-21)3-2-14-41(20)28-18-35-29(30(34)43)31(39-28)37-25-17-36-42(19-25)26-12-15-40(16-13-26)33(45)24-10-11-24;1-18-24(35-29(40)21-8-6-20(7-9-21)19-4-5-19)3-2-14-37(18)25-16-32-26(27(30)39)28(36-25)34-22-15-33-38(17-22)23-10-12-31-13-11-23/h6-9,17-21,24,26-27H,2-5,10-16H2,1H3,(H2,34,43)(H,37,39)(H,38,44);6-9,15-19,23-24,31H,2-5,10-14H2,1H3,(H2,30,39)(H,34,36)(H,35,40)/t20-,27-;18-,24-/m11/s1. The third-order valence-corrected chi connectivity index (χ3v) is 18.1. The highest BCUT2D eigenvalue weighted by Gasteiger charge is 2.37. The molecule has 5 amide bonds. The first-order valence-electron chi connectivity index (χ1n) is 30.6. The Bertz CT molecular complexity index is 3380. The molecule has 0 unspecified atom stereocenters. The quantitative estimate of drug-likeness (QED) is 0.0491. The zero-order valence-corrected chi connectivity index (χ0v) is 48.5. The third-order valence-electron chi connectivity index (χ3n) is 18.1. The molecule has 3 aliphatic carbocycles. The van der Waals surface area contributed by atoms with E-state index in [-0.39, 0.29) is 65.1 Å². The van der Waals surface area contributed by atoms with Crippen LogP contribution in [-0.2, 0) is 4.79 Å². The number of rotatable bonds is 17. The van der Waals surface area contributed by atoms with Crippen molar-refractivity contribution < 1.29 is 24.0 Å². The number of anilines is 6. The lowest BCUT2D eigenvalue weighted by Gasteiger charge is -2.40. The van der Waals surface area contributed by atoms with Gasteiger partial charge in [-0.3, -0.25) is 33.3 Å². The zero-order chi connectivity index (χ0) is 58.7. The van der Waals surface area contributed by atoms with Crippen molar-refractivity contribution in [2.45, 2.75) is 152 Å². The smallest absolute Gasteiger partial charge is 0.271 e. The first-order chi connectivity index (χ1) is 41.3. The number of nitrogens with one attached hydrogen (secondary N) is 5. The molecule has 6 aromatic rings. The van der Waals surface area contributed by atoms with E-state index in [9.17, 15) is 24.0 Å². The Kier molecular flexibility index (Phi) is 16.8. The molecule has 85 heavy (non-hydrogen) atoms. The van der Waals surface area contributed by atoms with Crippen LogP contribution in [0.15, 0.2) is 85.7 Å². The van der Waals surface area contributed by atoms with Crippen molar-refractivity contribution in [3.05, 3.63) is 119 Å². The lowest BCUT2D eigenvalue weighted by atomic mass is 9.97. The van der Waals surface area contributed by atoms with E-state index in [0.29, 0.717) is 58.1 Å². The van der Waals surface area contributed by atoms with Crippen molar-refractivity contribution in [2.24, 2.45) is 17.4 Å². The van der Waals surface area contributed by atoms with Gasteiger partial charge in [0.05, 0.1) is 48.2 Å². The monoisotopic (exact) mass is 1150 g/mol. The maximum atomic E-state index is 13.1. The fraction of sp³-hybridized carbons (Fsp3) is 0.500. The minimum absolute atomic E-state index is 0.0207. The SMILES string of the molecule is C[C@@H]1[C@H](NC(=O)c2ccc(C3CC3)cc2)CCCN1c1cnc(C(N)=O)c(Nc2cnn(C3CCN(C(=O)C4CC4)CC3)c2)n1.C[C@@H]1[C@H](NC(=O)c2ccc(C3CC3)cc2)CCCN1c1cnc(C(N)=O)c(Nc2cnn(C3CCNCC3)c2)n1. The molecule has 8 heterocycles. The number of aromatic nitrogens is 8. The molecule has 4 aliphatic heterocycles. The summed E-state index contributed by atoms with van der Waals surface area (Å²) in [6, 6.07) is 16.3. The summed E-state index contributed by atoms with van der Waals surface area (Å²) in [5.74, 6) is 2.15. The molecule has 446 valence electrons. The molecule has 13 rings (SSSR count). The summed E-state index contributed by atoms with van der Waals surface area (Å²) in [4.78, 5) is 87.7. The Morgan fingerprint density at radius 2 is 0.965 bits per heavy atom. The van der Waals surface area contributed by atoms with Gasteiger partial charge in [0.2, 0.25) is 5.91 Å². The number of carbonyl (C=O) groups is 5. The van der Waals surface area contributed by atoms with Crippen molar-refractivity contribution in [3.63, 3.8) is 0 Å². The van der Waals surface area contributed by atoms with Gasteiger partial charge < -0.3 is 52.8 Å². The fourth-order valence-electron chi connectivity index (χ4n) is 12.5. The number of primary amides is 2. The highest BCUT2D eigenvalue weighted by molar-refractivity contribution is 5.97. The van der Waals surface area contributed by atoms with Gasteiger partial charge in [-0.1, -0.05) is 24.3 Å². The van der Waals surface area contributed by atoms with Crippen LogP contribution < -0.4 is 47.9 Å². The van der Waals surface area contributed by atoms with Gasteiger partial charge in [-0.15, -0.1) is 0 Å². The van der Waals surface area contributed by atoms with E-state index in [1.54, 1.807) is 24.8 Å². The van der Waals surface area contributed by atoms with Crippen LogP contribution in [0.4, 0.5) is 34.6 Å². The Labute approximate surface area is 494 Å². The molecular formula is C62H78N18O5. The molecule has 23 nitrogen and oxygen atoms in total. The minimum Gasteiger partial charge on any atom is -0.364 e. The number of nitrogens with zero attached hydrogens (tertiary/aromatic N) is 11. The molecule has 0 bridgehead atoms. The number of benzene rings is 2. The van der Waals surface area contributed by atoms with E-state index >= 15 is 0 Å². The summed E-state index contributed by atoms with van der Waals surface area (Å²) in [6.07, 6.45) is 24.6. The second kappa shape index (κ2) is 25.0. The van der Waals surface area contributed by atoms with Crippen LogP contribution >= 0.6 is 0 Å². The Morgan fingerprint density at radius 3 is 1.38 bits per heavy atom. The van der Waals surface area contributed by atoms with Crippen molar-refractivity contribution in [3.8, 4) is 0 Å². The Balaban J connectivity index is 0.000000168. The molecule has 7 fully saturated rings. The second-order valence-corrected chi connectivity index (χ2v) is 24.2. The molecule has 9 N–H and O–H groups in total. The summed E-state index contributed by atoms with van der Waals surface area (Å²) in [5, 5.41) is 25.4. The van der Waals surface area contributed by atoms with Crippen molar-refractivity contribution in [2.75, 3.05) is 59.7 Å². The number of hydrogen-bond acceptors (Lipinski definition) is 16. The van der Waals surface area contributed by atoms with Gasteiger partial charge in [0.1, 0.15) is 11.6 Å². The number of hydrogen-bond donors (Lipinski definition) is 7. The number of likely N-dealkylation sites (tertiary alicyclic amines) is 1. The summed E-state index contributed by atoms with van der Waals surface area (Å²) in [5.41, 5.74) is 16.8. The van der Waals surface area contributed by atoms with Crippen LogP contribution in [0.2, 0.25) is 0 Å². The Morgan fingerprint density at radius 1 is 0.529 bits per heavy atom. The zero-order valence-electron chi connectivity index (χ0n) is 48.5. The van der Waals surface area contributed by atoms with Gasteiger partial charge >= 0.3 is 0 Å². The summed E-state index contributed by atoms with van der Waals surface area (Å²) >= 11 is 0. The van der Waals surface area contributed by atoms with Crippen molar-refractivity contribution >= 4 is 64.2 Å². The molecule has 3 saturated carbocycles. The van der Waals surface area contributed by atoms with E-state index < -0.39 is 11.8 Å². The van der Waals surface area contributed by atoms with E-state index in [1.807, 2.05) is 50.9 Å². The van der Waals surface area contributed by atoms with Crippen LogP contribution in [-0.4, -0.2) is 137 Å². The van der Waals surface area contributed by atoms with Gasteiger partial charge in [-0.25, -0.2) is 19.9 Å². The van der Waals surface area contributed by atoms with Gasteiger partial charge in [0, 0.05) is 79.8 Å². The lowest BCUT2D eigenvalue weighted by Crippen LogP contribution is -2.54. The number of nitrogens with two attached hydrogens (primary N) is 2. The largest absolute Gasteiger partial charge is 0.364 e. The molecule has 23 heteroatoms. The average Bonchev–Trinajstić information content (AvgIpc) is 4.66. The van der Waals surface area contributed by atoms with Gasteiger partial charge in [0.15, 0.2) is 23.0 Å². The molecule has 4 saturated heterocycles. The van der Waals surface area contributed by atoms with E-state index in [4.69, 9.17) is 21.4 Å². The molecule has 0 spiro atoms. The van der Waals surface area contributed by atoms with Crippen LogP contribution in [0.25, 0.3) is 0 Å². The predicted octanol–water partition coefficient (Wildman–Crippen LogP) is 6.86. The normalized spacial score (nSPS) is 22.0. The number of piperidine rings is 4. The van der Waals surface area contributed by atoms with Crippen molar-refractivity contribution in [1.82, 2.24) is 60.3 Å². The van der Waals surface area contributed by atoms with Crippen LogP contribution in [0.3, 0.4) is 0 Å².